The van der Waals surface area contributed by atoms with Crippen molar-refractivity contribution in [2.24, 2.45) is 0 Å². The van der Waals surface area contributed by atoms with Gasteiger partial charge in [-0.15, -0.1) is 0 Å². The summed E-state index contributed by atoms with van der Waals surface area (Å²) in [6, 6.07) is 20.7. The number of amides is 2. The summed E-state index contributed by atoms with van der Waals surface area (Å²) in [5, 5.41) is 0. The van der Waals surface area contributed by atoms with Gasteiger partial charge in [0, 0.05) is 5.56 Å². The Labute approximate surface area is 182 Å². The smallest absolute Gasteiger partial charge is 0.266 e. The van der Waals surface area contributed by atoms with Gasteiger partial charge >= 0.3 is 0 Å². The highest BCUT2D eigenvalue weighted by Gasteiger charge is 2.36. The predicted octanol–water partition coefficient (Wildman–Crippen LogP) is 5.58. The first-order valence-corrected chi connectivity index (χ1v) is 10.4. The number of anilines is 1. The van der Waals surface area contributed by atoms with Crippen molar-refractivity contribution in [3.05, 3.63) is 100 Å². The molecule has 0 spiro atoms. The van der Waals surface area contributed by atoms with Gasteiger partial charge in [0.2, 0.25) is 0 Å². The fourth-order valence-corrected chi connectivity index (χ4v) is 3.82. The number of hydrogen-bond acceptors (Lipinski definition) is 3. The molecule has 1 aliphatic rings. The molecule has 1 heterocycles. The van der Waals surface area contributed by atoms with Crippen LogP contribution in [0.3, 0.4) is 0 Å². The lowest BCUT2D eigenvalue weighted by Crippen LogP contribution is -2.29. The molecule has 3 aromatic carbocycles. The largest absolute Gasteiger partial charge is 0.295 e. The third-order valence-electron chi connectivity index (χ3n) is 5.72. The molecule has 3 aromatic rings. The third kappa shape index (κ3) is 3.93. The second-order valence-corrected chi connectivity index (χ2v) is 9.05. The van der Waals surface area contributed by atoms with Gasteiger partial charge < -0.3 is 0 Å². The summed E-state index contributed by atoms with van der Waals surface area (Å²) in [6.45, 7) is 8.03. The highest BCUT2D eigenvalue weighted by atomic mass is 16.2. The summed E-state index contributed by atoms with van der Waals surface area (Å²) in [7, 11) is 0. The van der Waals surface area contributed by atoms with Crippen molar-refractivity contribution in [2.45, 2.75) is 39.5 Å². The Morgan fingerprint density at radius 3 is 1.87 bits per heavy atom. The van der Waals surface area contributed by atoms with Crippen molar-refractivity contribution in [2.75, 3.05) is 4.90 Å². The number of nitrogens with zero attached hydrogens (tertiary/aromatic N) is 1. The van der Waals surface area contributed by atoms with E-state index in [1.54, 1.807) is 24.3 Å². The number of carbonyl (C=O) groups is 3. The van der Waals surface area contributed by atoms with Gasteiger partial charge in [0.1, 0.15) is 0 Å². The van der Waals surface area contributed by atoms with Gasteiger partial charge in [-0.25, -0.2) is 4.90 Å². The second kappa shape index (κ2) is 7.62. The van der Waals surface area contributed by atoms with Gasteiger partial charge in [-0.2, -0.15) is 0 Å². The molecule has 2 amide bonds. The van der Waals surface area contributed by atoms with Crippen LogP contribution in [-0.2, 0) is 11.8 Å². The molecule has 0 N–H and O–H groups in total. The van der Waals surface area contributed by atoms with Gasteiger partial charge in [-0.3, -0.25) is 14.4 Å². The molecule has 4 heteroatoms. The summed E-state index contributed by atoms with van der Waals surface area (Å²) in [6.07, 6.45) is 0.773. The number of rotatable bonds is 4. The Balaban J connectivity index is 1.54. The number of Topliss-reactive ketones (excluding diaryl/α,β-unsaturated/α-hetero) is 1. The van der Waals surface area contributed by atoms with Crippen LogP contribution in [0.2, 0.25) is 0 Å². The van der Waals surface area contributed by atoms with Crippen LogP contribution in [0.4, 0.5) is 5.69 Å². The SMILES string of the molecule is CC(=O)c1ccc2c(c1)C(=O)N(c1ccc(Cc3ccc(C(C)(C)C)cc3)cc1)C2=O. The van der Waals surface area contributed by atoms with E-state index in [0.29, 0.717) is 16.8 Å². The number of hydrogen-bond donors (Lipinski definition) is 0. The predicted molar refractivity (Wildman–Crippen MR) is 122 cm³/mol. The zero-order chi connectivity index (χ0) is 22.3. The van der Waals surface area contributed by atoms with E-state index in [0.717, 1.165) is 12.0 Å². The van der Waals surface area contributed by atoms with E-state index in [9.17, 15) is 14.4 Å². The van der Waals surface area contributed by atoms with Crippen LogP contribution >= 0.6 is 0 Å². The minimum absolute atomic E-state index is 0.123. The first kappa shape index (κ1) is 20.7. The lowest BCUT2D eigenvalue weighted by molar-refractivity contribution is 0.0925. The highest BCUT2D eigenvalue weighted by molar-refractivity contribution is 6.34. The molecule has 4 nitrogen and oxygen atoms in total. The maximum absolute atomic E-state index is 12.9. The van der Waals surface area contributed by atoms with E-state index in [4.69, 9.17) is 0 Å². The minimum atomic E-state index is -0.395. The van der Waals surface area contributed by atoms with E-state index >= 15 is 0 Å². The summed E-state index contributed by atoms with van der Waals surface area (Å²) < 4.78 is 0. The van der Waals surface area contributed by atoms with Gasteiger partial charge in [-0.1, -0.05) is 63.2 Å². The Morgan fingerprint density at radius 1 is 0.774 bits per heavy atom. The van der Waals surface area contributed by atoms with Gasteiger partial charge in [-0.05, 0) is 59.7 Å². The van der Waals surface area contributed by atoms with Crippen LogP contribution in [0.25, 0.3) is 0 Å². The molecule has 31 heavy (non-hydrogen) atoms. The summed E-state index contributed by atoms with van der Waals surface area (Å²) >= 11 is 0. The van der Waals surface area contributed by atoms with Crippen LogP contribution in [0.15, 0.2) is 66.7 Å². The second-order valence-electron chi connectivity index (χ2n) is 9.05. The van der Waals surface area contributed by atoms with Crippen molar-refractivity contribution in [1.82, 2.24) is 0 Å². The lowest BCUT2D eigenvalue weighted by atomic mass is 9.86. The number of ketones is 1. The topological polar surface area (TPSA) is 54.5 Å². The molecule has 4 rings (SSSR count). The van der Waals surface area contributed by atoms with Crippen LogP contribution < -0.4 is 4.90 Å². The van der Waals surface area contributed by atoms with Crippen molar-refractivity contribution in [3.8, 4) is 0 Å². The van der Waals surface area contributed by atoms with E-state index in [2.05, 4.69) is 45.0 Å². The van der Waals surface area contributed by atoms with Crippen LogP contribution in [0.1, 0.15) is 75.5 Å². The number of fused-ring (bicyclic) bond motifs is 1. The van der Waals surface area contributed by atoms with Crippen LogP contribution in [0.5, 0.6) is 0 Å². The van der Waals surface area contributed by atoms with E-state index in [-0.39, 0.29) is 22.7 Å². The first-order chi connectivity index (χ1) is 14.6. The average molecular weight is 412 g/mol. The molecule has 0 fully saturated rings. The lowest BCUT2D eigenvalue weighted by Gasteiger charge is -2.19. The number of imide groups is 1. The molecule has 0 radical (unpaired) electrons. The zero-order valence-electron chi connectivity index (χ0n) is 18.2. The van der Waals surface area contributed by atoms with E-state index in [1.807, 2.05) is 12.1 Å². The molecular weight excluding hydrogens is 386 g/mol. The summed E-state index contributed by atoms with van der Waals surface area (Å²) in [4.78, 5) is 38.5. The summed E-state index contributed by atoms with van der Waals surface area (Å²) in [5.74, 6) is -0.893. The maximum Gasteiger partial charge on any atom is 0.266 e. The van der Waals surface area contributed by atoms with Gasteiger partial charge in [0.05, 0.1) is 16.8 Å². The van der Waals surface area contributed by atoms with E-state index < -0.39 is 5.91 Å². The normalized spacial score (nSPS) is 13.5. The van der Waals surface area contributed by atoms with Crippen LogP contribution in [0, 0.1) is 0 Å². The van der Waals surface area contributed by atoms with Gasteiger partial charge in [0.15, 0.2) is 5.78 Å². The van der Waals surface area contributed by atoms with Crippen molar-refractivity contribution in [3.63, 3.8) is 0 Å². The number of carbonyl (C=O) groups excluding carboxylic acids is 3. The molecule has 0 aliphatic carbocycles. The Hall–Kier alpha value is -3.53. The molecule has 156 valence electrons. The summed E-state index contributed by atoms with van der Waals surface area (Å²) in [5.41, 5.74) is 5.29. The Morgan fingerprint density at radius 2 is 1.32 bits per heavy atom. The quantitative estimate of drug-likeness (QED) is 0.416. The third-order valence-corrected chi connectivity index (χ3v) is 5.72. The molecule has 0 bridgehead atoms. The Bertz CT molecular complexity index is 1180. The molecule has 0 saturated carbocycles. The van der Waals surface area contributed by atoms with Crippen LogP contribution in [-0.4, -0.2) is 17.6 Å². The van der Waals surface area contributed by atoms with E-state index in [1.165, 1.54) is 29.0 Å². The fourth-order valence-electron chi connectivity index (χ4n) is 3.82. The highest BCUT2D eigenvalue weighted by Crippen LogP contribution is 2.30. The molecular formula is C27H25NO3. The molecule has 0 aromatic heterocycles. The van der Waals surface area contributed by atoms with Gasteiger partial charge in [0.25, 0.3) is 11.8 Å². The number of benzene rings is 3. The first-order valence-electron chi connectivity index (χ1n) is 10.4. The molecule has 0 unspecified atom stereocenters. The standard InChI is InChI=1S/C27H25NO3/c1-17(29)20-9-14-23-24(16-20)26(31)28(25(23)30)22-12-7-19(8-13-22)15-18-5-10-21(11-6-18)27(2,3)4/h5-14,16H,15H2,1-4H3. The van der Waals surface area contributed by atoms with Crippen molar-refractivity contribution in [1.29, 1.82) is 0 Å². The molecule has 0 saturated heterocycles. The fraction of sp³-hybridized carbons (Fsp3) is 0.222. The van der Waals surface area contributed by atoms with Crippen molar-refractivity contribution < 1.29 is 14.4 Å². The zero-order valence-corrected chi connectivity index (χ0v) is 18.2. The molecule has 0 atom stereocenters. The Kier molecular flexibility index (Phi) is 5.10. The minimum Gasteiger partial charge on any atom is -0.295 e. The molecule has 1 aliphatic heterocycles. The van der Waals surface area contributed by atoms with Crippen molar-refractivity contribution >= 4 is 23.3 Å². The monoisotopic (exact) mass is 411 g/mol. The average Bonchev–Trinajstić information content (AvgIpc) is 2.98. The maximum atomic E-state index is 12.9.